The van der Waals surface area contributed by atoms with E-state index in [1.165, 1.54) is 13.2 Å². The molecule has 0 amide bonds. The first-order valence-electron chi connectivity index (χ1n) is 4.57. The molecule has 0 fully saturated rings. The van der Waals surface area contributed by atoms with Crippen LogP contribution < -0.4 is 4.74 Å². The molecule has 0 bridgehead atoms. The lowest BCUT2D eigenvalue weighted by molar-refractivity contribution is 0.298. The fraction of sp³-hybridized carbons (Fsp3) is 0.300. The highest BCUT2D eigenvalue weighted by Gasteiger charge is 2.10. The van der Waals surface area contributed by atoms with Crippen LogP contribution in [-0.2, 0) is 6.42 Å². The van der Waals surface area contributed by atoms with Crippen molar-refractivity contribution in [2.45, 2.75) is 6.42 Å². The molecule has 4 nitrogen and oxygen atoms in total. The zero-order chi connectivity index (χ0) is 10.8. The van der Waals surface area contributed by atoms with Crippen LogP contribution in [0.2, 0.25) is 0 Å². The molecule has 2 rings (SSSR count). The van der Waals surface area contributed by atoms with Crippen LogP contribution in [0.15, 0.2) is 12.1 Å². The minimum atomic E-state index is -0.427. The summed E-state index contributed by atoms with van der Waals surface area (Å²) in [4.78, 5) is 0. The molecular formula is C10H11FN2O2. The summed E-state index contributed by atoms with van der Waals surface area (Å²) in [6, 6.07) is 2.92. The van der Waals surface area contributed by atoms with Crippen molar-refractivity contribution in [3.8, 4) is 5.75 Å². The zero-order valence-electron chi connectivity index (χ0n) is 8.25. The summed E-state index contributed by atoms with van der Waals surface area (Å²) in [5.41, 5.74) is 1.32. The second kappa shape index (κ2) is 3.86. The number of nitrogens with zero attached hydrogens (tertiary/aromatic N) is 1. The number of aliphatic hydroxyl groups is 1. The standard InChI is InChI=1S/C10H11FN2O2/c1-15-10-4-6-8(2-3-14)12-13-9(6)5-7(10)11/h4-5,14H,2-3H2,1H3,(H,12,13). The van der Waals surface area contributed by atoms with Crippen LogP contribution in [0.3, 0.4) is 0 Å². The van der Waals surface area contributed by atoms with Gasteiger partial charge in [-0.25, -0.2) is 4.39 Å². The Kier molecular flexibility index (Phi) is 2.55. The van der Waals surface area contributed by atoms with Crippen molar-refractivity contribution in [3.05, 3.63) is 23.6 Å². The molecule has 1 heterocycles. The minimum absolute atomic E-state index is 0.0135. The quantitative estimate of drug-likeness (QED) is 0.801. The van der Waals surface area contributed by atoms with E-state index in [1.54, 1.807) is 6.07 Å². The minimum Gasteiger partial charge on any atom is -0.494 e. The monoisotopic (exact) mass is 210 g/mol. The SMILES string of the molecule is COc1cc2c(CCO)n[nH]c2cc1F. The van der Waals surface area contributed by atoms with Gasteiger partial charge in [-0.3, -0.25) is 5.10 Å². The highest BCUT2D eigenvalue weighted by Crippen LogP contribution is 2.25. The Morgan fingerprint density at radius 1 is 1.53 bits per heavy atom. The Hall–Kier alpha value is -1.62. The van der Waals surface area contributed by atoms with E-state index in [1.807, 2.05) is 0 Å². The lowest BCUT2D eigenvalue weighted by atomic mass is 10.1. The van der Waals surface area contributed by atoms with Gasteiger partial charge in [0.15, 0.2) is 11.6 Å². The van der Waals surface area contributed by atoms with Crippen molar-refractivity contribution in [2.75, 3.05) is 13.7 Å². The fourth-order valence-corrected chi connectivity index (χ4v) is 1.53. The Bertz CT molecular complexity index is 481. The molecule has 0 radical (unpaired) electrons. The Morgan fingerprint density at radius 3 is 3.00 bits per heavy atom. The molecule has 0 saturated heterocycles. The van der Waals surface area contributed by atoms with Gasteiger partial charge in [0, 0.05) is 24.5 Å². The van der Waals surface area contributed by atoms with Gasteiger partial charge in [0.1, 0.15) is 0 Å². The van der Waals surface area contributed by atoms with Crippen LogP contribution in [0, 0.1) is 5.82 Å². The van der Waals surface area contributed by atoms with Crippen LogP contribution in [0.4, 0.5) is 4.39 Å². The molecule has 0 atom stereocenters. The summed E-state index contributed by atoms with van der Waals surface area (Å²) in [5.74, 6) is -0.243. The highest BCUT2D eigenvalue weighted by atomic mass is 19.1. The van der Waals surface area contributed by atoms with Gasteiger partial charge < -0.3 is 9.84 Å². The number of nitrogens with one attached hydrogen (secondary N) is 1. The maximum Gasteiger partial charge on any atom is 0.167 e. The van der Waals surface area contributed by atoms with Crippen LogP contribution in [-0.4, -0.2) is 29.0 Å². The number of aromatic amines is 1. The Balaban J connectivity index is 2.58. The maximum atomic E-state index is 13.3. The van der Waals surface area contributed by atoms with Crippen LogP contribution in [0.1, 0.15) is 5.69 Å². The summed E-state index contributed by atoms with van der Waals surface area (Å²) in [6.45, 7) is 0.0135. The zero-order valence-corrected chi connectivity index (χ0v) is 8.25. The molecule has 0 aliphatic heterocycles. The third kappa shape index (κ3) is 1.66. The molecule has 5 heteroatoms. The predicted octanol–water partition coefficient (Wildman–Crippen LogP) is 1.25. The number of aromatic nitrogens is 2. The van der Waals surface area contributed by atoms with E-state index in [4.69, 9.17) is 9.84 Å². The van der Waals surface area contributed by atoms with E-state index in [0.29, 0.717) is 17.6 Å². The van der Waals surface area contributed by atoms with Gasteiger partial charge in [-0.2, -0.15) is 5.10 Å². The molecule has 0 unspecified atom stereocenters. The molecule has 1 aromatic carbocycles. The van der Waals surface area contributed by atoms with Crippen molar-refractivity contribution in [1.29, 1.82) is 0 Å². The molecule has 0 aliphatic rings. The average molecular weight is 210 g/mol. The number of ether oxygens (including phenoxy) is 1. The number of fused-ring (bicyclic) bond motifs is 1. The van der Waals surface area contributed by atoms with E-state index in [9.17, 15) is 4.39 Å². The van der Waals surface area contributed by atoms with Gasteiger partial charge in [-0.1, -0.05) is 0 Å². The van der Waals surface area contributed by atoms with Gasteiger partial charge >= 0.3 is 0 Å². The van der Waals surface area contributed by atoms with E-state index >= 15 is 0 Å². The average Bonchev–Trinajstić information content (AvgIpc) is 2.60. The number of benzene rings is 1. The number of halogens is 1. The van der Waals surface area contributed by atoms with Gasteiger partial charge in [-0.15, -0.1) is 0 Å². The van der Waals surface area contributed by atoms with E-state index in [2.05, 4.69) is 10.2 Å². The van der Waals surface area contributed by atoms with Crippen molar-refractivity contribution >= 4 is 10.9 Å². The highest BCUT2D eigenvalue weighted by molar-refractivity contribution is 5.83. The summed E-state index contributed by atoms with van der Waals surface area (Å²) >= 11 is 0. The largest absolute Gasteiger partial charge is 0.494 e. The van der Waals surface area contributed by atoms with Crippen molar-refractivity contribution in [1.82, 2.24) is 10.2 Å². The third-order valence-corrected chi connectivity index (χ3v) is 2.26. The topological polar surface area (TPSA) is 58.1 Å². The number of aliphatic hydroxyl groups excluding tert-OH is 1. The van der Waals surface area contributed by atoms with Gasteiger partial charge in [0.2, 0.25) is 0 Å². The van der Waals surface area contributed by atoms with Gasteiger partial charge in [0.05, 0.1) is 18.3 Å². The number of hydrogen-bond acceptors (Lipinski definition) is 3. The van der Waals surface area contributed by atoms with E-state index in [-0.39, 0.29) is 12.4 Å². The lowest BCUT2D eigenvalue weighted by Gasteiger charge is -2.01. The second-order valence-electron chi connectivity index (χ2n) is 3.18. The molecule has 80 valence electrons. The molecule has 2 aromatic rings. The molecule has 2 N–H and O–H groups in total. The van der Waals surface area contributed by atoms with E-state index < -0.39 is 5.82 Å². The van der Waals surface area contributed by atoms with Gasteiger partial charge in [0.25, 0.3) is 0 Å². The normalized spacial score (nSPS) is 10.9. The summed E-state index contributed by atoms with van der Waals surface area (Å²) in [5, 5.41) is 16.3. The molecule has 0 spiro atoms. The lowest BCUT2D eigenvalue weighted by Crippen LogP contribution is -1.92. The second-order valence-corrected chi connectivity index (χ2v) is 3.18. The predicted molar refractivity (Wildman–Crippen MR) is 53.4 cm³/mol. The smallest absolute Gasteiger partial charge is 0.167 e. The first-order chi connectivity index (χ1) is 7.26. The number of hydrogen-bond donors (Lipinski definition) is 2. The summed E-state index contributed by atoms with van der Waals surface area (Å²) in [6.07, 6.45) is 0.439. The van der Waals surface area contributed by atoms with Gasteiger partial charge in [-0.05, 0) is 6.07 Å². The third-order valence-electron chi connectivity index (χ3n) is 2.26. The van der Waals surface area contributed by atoms with Crippen molar-refractivity contribution in [2.24, 2.45) is 0 Å². The number of methoxy groups -OCH3 is 1. The first kappa shape index (κ1) is 9.92. The summed E-state index contributed by atoms with van der Waals surface area (Å²) in [7, 11) is 1.41. The molecular weight excluding hydrogens is 199 g/mol. The van der Waals surface area contributed by atoms with Crippen molar-refractivity contribution in [3.63, 3.8) is 0 Å². The van der Waals surface area contributed by atoms with E-state index in [0.717, 1.165) is 5.39 Å². The molecule has 15 heavy (non-hydrogen) atoms. The van der Waals surface area contributed by atoms with Crippen LogP contribution in [0.25, 0.3) is 10.9 Å². The Labute approximate surface area is 85.7 Å². The van der Waals surface area contributed by atoms with Crippen LogP contribution >= 0.6 is 0 Å². The molecule has 0 aliphatic carbocycles. The maximum absolute atomic E-state index is 13.3. The first-order valence-corrected chi connectivity index (χ1v) is 4.57. The molecule has 0 saturated carbocycles. The molecule has 1 aromatic heterocycles. The number of H-pyrrole nitrogens is 1. The van der Waals surface area contributed by atoms with Crippen molar-refractivity contribution < 1.29 is 14.2 Å². The summed E-state index contributed by atoms with van der Waals surface area (Å²) < 4.78 is 18.2. The number of rotatable bonds is 3. The Morgan fingerprint density at radius 2 is 2.33 bits per heavy atom. The van der Waals surface area contributed by atoms with Crippen LogP contribution in [0.5, 0.6) is 5.75 Å². The fourth-order valence-electron chi connectivity index (χ4n) is 1.53.